The highest BCUT2D eigenvalue weighted by Gasteiger charge is 2.19. The van der Waals surface area contributed by atoms with E-state index in [1.165, 1.54) is 13.1 Å². The molecule has 1 aromatic rings. The van der Waals surface area contributed by atoms with E-state index < -0.39 is 20.3 Å². The van der Waals surface area contributed by atoms with Gasteiger partial charge in [0.2, 0.25) is 0 Å². The predicted molar refractivity (Wildman–Crippen MR) is 58.5 cm³/mol. The summed E-state index contributed by atoms with van der Waals surface area (Å²) in [5.41, 5.74) is 5.62. The van der Waals surface area contributed by atoms with Crippen molar-refractivity contribution in [1.82, 2.24) is 4.98 Å². The molecule has 1 heterocycles. The number of phosphoric ester groups is 1. The molecule has 0 aliphatic heterocycles. The maximum absolute atomic E-state index is 10.5. The molecule has 1 rings (SSSR count). The molecule has 94 valence electrons. The highest BCUT2D eigenvalue weighted by molar-refractivity contribution is 7.46. The van der Waals surface area contributed by atoms with Crippen LogP contribution in [-0.2, 0) is 15.7 Å². The Morgan fingerprint density at radius 2 is 2.24 bits per heavy atom. The van der Waals surface area contributed by atoms with E-state index in [2.05, 4.69) is 9.51 Å². The Morgan fingerprint density at radius 1 is 1.65 bits per heavy atom. The first-order valence-corrected chi connectivity index (χ1v) is 5.97. The molecular formula is C8H12N3O5P. The van der Waals surface area contributed by atoms with Gasteiger partial charge in [-0.15, -0.1) is 0 Å². The summed E-state index contributed by atoms with van der Waals surface area (Å²) in [6, 6.07) is 0. The molecule has 0 saturated carbocycles. The molecule has 9 heteroatoms. The molecule has 0 spiro atoms. The predicted octanol–water partition coefficient (Wildman–Crippen LogP) is -0.0110. The van der Waals surface area contributed by atoms with Crippen LogP contribution in [-0.4, -0.2) is 25.7 Å². The first-order chi connectivity index (χ1) is 7.72. The molecule has 0 amide bonds. The van der Waals surface area contributed by atoms with Gasteiger partial charge in [-0.2, -0.15) is 0 Å². The van der Waals surface area contributed by atoms with Crippen molar-refractivity contribution >= 4 is 13.7 Å². The van der Waals surface area contributed by atoms with Crippen LogP contribution in [0.25, 0.3) is 0 Å². The largest absolute Gasteiger partial charge is 0.505 e. The summed E-state index contributed by atoms with van der Waals surface area (Å²) in [5.74, 6) is -0.735. The molecule has 0 aromatic carbocycles. The number of hydrogen-bond donors (Lipinski definition) is 5. The van der Waals surface area contributed by atoms with Crippen molar-refractivity contribution < 1.29 is 24.0 Å². The molecule has 17 heavy (non-hydrogen) atoms. The number of aromatic hydroxyl groups is 1. The zero-order valence-electron chi connectivity index (χ0n) is 8.91. The van der Waals surface area contributed by atoms with Gasteiger partial charge in [0.1, 0.15) is 11.6 Å². The van der Waals surface area contributed by atoms with Gasteiger partial charge < -0.3 is 20.6 Å². The van der Waals surface area contributed by atoms with E-state index in [-0.39, 0.29) is 22.6 Å². The summed E-state index contributed by atoms with van der Waals surface area (Å²) in [5, 5.41) is 16.9. The first-order valence-electron chi connectivity index (χ1n) is 4.44. The van der Waals surface area contributed by atoms with Crippen molar-refractivity contribution in [2.24, 2.45) is 5.73 Å². The molecule has 0 unspecified atom stereocenters. The van der Waals surface area contributed by atoms with Crippen LogP contribution < -0.4 is 5.73 Å². The highest BCUT2D eigenvalue weighted by atomic mass is 31.2. The molecule has 0 fully saturated rings. The maximum Gasteiger partial charge on any atom is 0.469 e. The molecule has 1 aromatic heterocycles. The quantitative estimate of drug-likeness (QED) is 0.290. The number of hydrogen-bond acceptors (Lipinski definition) is 5. The van der Waals surface area contributed by atoms with E-state index in [4.69, 9.17) is 20.9 Å². The minimum Gasteiger partial charge on any atom is -0.505 e. The number of pyridine rings is 1. The monoisotopic (exact) mass is 261 g/mol. The van der Waals surface area contributed by atoms with Crippen LogP contribution in [0, 0.1) is 12.3 Å². The van der Waals surface area contributed by atoms with E-state index in [9.17, 15) is 9.67 Å². The topological polar surface area (TPSA) is 150 Å². The molecule has 0 atom stereocenters. The fraction of sp³-hybridized carbons (Fsp3) is 0.250. The van der Waals surface area contributed by atoms with Gasteiger partial charge in [0.05, 0.1) is 17.9 Å². The SMILES string of the molecule is Cc1ncc(COP(=O)(O)O)c(C(=N)N)c1O. The molecule has 8 nitrogen and oxygen atoms in total. The third kappa shape index (κ3) is 3.50. The number of aromatic nitrogens is 1. The van der Waals surface area contributed by atoms with Crippen LogP contribution in [0.1, 0.15) is 16.8 Å². The lowest BCUT2D eigenvalue weighted by molar-refractivity contribution is 0.188. The van der Waals surface area contributed by atoms with Crippen molar-refractivity contribution in [1.29, 1.82) is 5.41 Å². The number of aryl methyl sites for hydroxylation is 1. The van der Waals surface area contributed by atoms with Crippen molar-refractivity contribution in [3.8, 4) is 5.75 Å². The number of nitrogens with one attached hydrogen (secondary N) is 1. The lowest BCUT2D eigenvalue weighted by atomic mass is 10.1. The number of phosphoric acid groups is 1. The summed E-state index contributed by atoms with van der Waals surface area (Å²) in [7, 11) is -4.63. The molecule has 6 N–H and O–H groups in total. The van der Waals surface area contributed by atoms with Crippen LogP contribution in [0.15, 0.2) is 6.20 Å². The van der Waals surface area contributed by atoms with E-state index >= 15 is 0 Å². The highest BCUT2D eigenvalue weighted by Crippen LogP contribution is 2.37. The Balaban J connectivity index is 3.12. The van der Waals surface area contributed by atoms with Gasteiger partial charge in [0, 0.05) is 11.8 Å². The van der Waals surface area contributed by atoms with Crippen molar-refractivity contribution in [3.63, 3.8) is 0 Å². The lowest BCUT2D eigenvalue weighted by Crippen LogP contribution is -2.15. The molecule has 0 bridgehead atoms. The molecule has 0 radical (unpaired) electrons. The second-order valence-corrected chi connectivity index (χ2v) is 4.51. The van der Waals surface area contributed by atoms with Gasteiger partial charge in [-0.1, -0.05) is 0 Å². The number of rotatable bonds is 4. The van der Waals surface area contributed by atoms with Gasteiger partial charge in [0.15, 0.2) is 0 Å². The smallest absolute Gasteiger partial charge is 0.469 e. The average molecular weight is 261 g/mol. The minimum atomic E-state index is -4.63. The van der Waals surface area contributed by atoms with Gasteiger partial charge in [0.25, 0.3) is 0 Å². The van der Waals surface area contributed by atoms with Gasteiger partial charge in [-0.3, -0.25) is 14.9 Å². The van der Waals surface area contributed by atoms with Crippen LogP contribution in [0.5, 0.6) is 5.75 Å². The molecule has 0 saturated heterocycles. The van der Waals surface area contributed by atoms with Gasteiger partial charge in [-0.05, 0) is 6.92 Å². The third-order valence-corrected chi connectivity index (χ3v) is 2.44. The molecule has 0 aliphatic rings. The Morgan fingerprint density at radius 3 is 2.71 bits per heavy atom. The fourth-order valence-electron chi connectivity index (χ4n) is 1.20. The normalized spacial score (nSPS) is 11.5. The maximum atomic E-state index is 10.5. The number of amidine groups is 1. The lowest BCUT2D eigenvalue weighted by Gasteiger charge is -2.12. The van der Waals surface area contributed by atoms with E-state index in [0.29, 0.717) is 0 Å². The standard InChI is InChI=1S/C8H12N3O5P/c1-4-7(12)6(8(9)10)5(2-11-4)3-16-17(13,14)15/h2,12H,3H2,1H3,(H3,9,10)(H2,13,14,15). The zero-order chi connectivity index (χ0) is 13.2. The van der Waals surface area contributed by atoms with E-state index in [0.717, 1.165) is 0 Å². The summed E-state index contributed by atoms with van der Waals surface area (Å²) >= 11 is 0. The van der Waals surface area contributed by atoms with Crippen molar-refractivity contribution in [2.45, 2.75) is 13.5 Å². The summed E-state index contributed by atoms with van der Waals surface area (Å²) in [4.78, 5) is 20.9. The Kier molecular flexibility index (Phi) is 3.84. The number of nitrogen functional groups attached to an aromatic ring is 1. The van der Waals surface area contributed by atoms with Crippen LogP contribution in [0.4, 0.5) is 0 Å². The number of nitrogens with two attached hydrogens (primary N) is 1. The van der Waals surface area contributed by atoms with Gasteiger partial charge in [-0.25, -0.2) is 4.57 Å². The van der Waals surface area contributed by atoms with Crippen LogP contribution in [0.2, 0.25) is 0 Å². The molecular weight excluding hydrogens is 249 g/mol. The van der Waals surface area contributed by atoms with E-state index in [1.54, 1.807) is 0 Å². The Labute approximate surface area is 96.8 Å². The second-order valence-electron chi connectivity index (χ2n) is 3.27. The third-order valence-electron chi connectivity index (χ3n) is 1.97. The van der Waals surface area contributed by atoms with Gasteiger partial charge >= 0.3 is 7.82 Å². The molecule has 0 aliphatic carbocycles. The summed E-state index contributed by atoms with van der Waals surface area (Å²) in [6.45, 7) is 1.01. The van der Waals surface area contributed by atoms with Crippen molar-refractivity contribution in [2.75, 3.05) is 0 Å². The van der Waals surface area contributed by atoms with Crippen molar-refractivity contribution in [3.05, 3.63) is 23.0 Å². The minimum absolute atomic E-state index is 0.0362. The number of nitrogens with zero attached hydrogens (tertiary/aromatic N) is 1. The van der Waals surface area contributed by atoms with Crippen LogP contribution in [0.3, 0.4) is 0 Å². The zero-order valence-corrected chi connectivity index (χ0v) is 9.81. The first kappa shape index (κ1) is 13.6. The summed E-state index contributed by atoms with van der Waals surface area (Å²) in [6.07, 6.45) is 1.24. The van der Waals surface area contributed by atoms with Crippen LogP contribution >= 0.6 is 7.82 Å². The average Bonchev–Trinajstić information content (AvgIpc) is 2.18. The summed E-state index contributed by atoms with van der Waals surface area (Å²) < 4.78 is 14.8. The second kappa shape index (κ2) is 4.80. The Hall–Kier alpha value is -1.47. The Bertz CT molecular complexity index is 498. The van der Waals surface area contributed by atoms with E-state index in [1.807, 2.05) is 0 Å². The fourth-order valence-corrected chi connectivity index (χ4v) is 1.50.